The average Bonchev–Trinajstić information content (AvgIpc) is 2.60. The van der Waals surface area contributed by atoms with E-state index < -0.39 is 0 Å². The lowest BCUT2D eigenvalue weighted by atomic mass is 10.1. The molecule has 1 N–H and O–H groups in total. The SMILES string of the molecule is O=Cc1c(O)ccc2cc(CCl)sc12. The fraction of sp³-hybridized carbons (Fsp3) is 0.100. The van der Waals surface area contributed by atoms with Crippen LogP contribution in [0, 0.1) is 0 Å². The van der Waals surface area contributed by atoms with Crippen LogP contribution in [0.2, 0.25) is 0 Å². The number of hydrogen-bond donors (Lipinski definition) is 1. The number of alkyl halides is 1. The molecular weight excluding hydrogens is 220 g/mol. The fourth-order valence-electron chi connectivity index (χ4n) is 1.35. The molecular formula is C10H7ClO2S. The summed E-state index contributed by atoms with van der Waals surface area (Å²) < 4.78 is 0.802. The standard InChI is InChI=1S/C10H7ClO2S/c11-4-7-3-6-1-2-9(13)8(5-12)10(6)14-7/h1-3,5,13H,4H2. The Bertz CT molecular complexity index is 490. The second kappa shape index (κ2) is 3.59. The molecule has 1 heterocycles. The van der Waals surface area contributed by atoms with E-state index in [0.29, 0.717) is 17.7 Å². The van der Waals surface area contributed by atoms with Crippen molar-refractivity contribution in [1.82, 2.24) is 0 Å². The van der Waals surface area contributed by atoms with Crippen LogP contribution in [0.3, 0.4) is 0 Å². The highest BCUT2D eigenvalue weighted by atomic mass is 35.5. The molecule has 0 spiro atoms. The third-order valence-corrected chi connectivity index (χ3v) is 3.63. The second-order valence-corrected chi connectivity index (χ2v) is 4.28. The van der Waals surface area contributed by atoms with E-state index in [1.165, 1.54) is 17.4 Å². The van der Waals surface area contributed by atoms with Gasteiger partial charge in [-0.25, -0.2) is 0 Å². The largest absolute Gasteiger partial charge is 0.507 e. The molecule has 0 radical (unpaired) electrons. The first-order chi connectivity index (χ1) is 6.76. The number of carbonyl (C=O) groups excluding carboxylic acids is 1. The summed E-state index contributed by atoms with van der Waals surface area (Å²) in [7, 11) is 0. The summed E-state index contributed by atoms with van der Waals surface area (Å²) >= 11 is 7.13. The van der Waals surface area contributed by atoms with Crippen molar-refractivity contribution in [2.75, 3.05) is 0 Å². The summed E-state index contributed by atoms with van der Waals surface area (Å²) in [6.07, 6.45) is 0.673. The van der Waals surface area contributed by atoms with E-state index in [2.05, 4.69) is 0 Å². The molecule has 1 aromatic carbocycles. The molecule has 0 amide bonds. The number of fused-ring (bicyclic) bond motifs is 1. The van der Waals surface area contributed by atoms with E-state index in [0.717, 1.165) is 15.0 Å². The zero-order valence-electron chi connectivity index (χ0n) is 7.16. The Kier molecular flexibility index (Phi) is 2.44. The van der Waals surface area contributed by atoms with Crippen molar-refractivity contribution in [2.45, 2.75) is 5.88 Å². The topological polar surface area (TPSA) is 37.3 Å². The Morgan fingerprint density at radius 2 is 2.29 bits per heavy atom. The van der Waals surface area contributed by atoms with E-state index in [4.69, 9.17) is 11.6 Å². The van der Waals surface area contributed by atoms with E-state index >= 15 is 0 Å². The smallest absolute Gasteiger partial charge is 0.155 e. The van der Waals surface area contributed by atoms with E-state index in [1.54, 1.807) is 6.07 Å². The Balaban J connectivity index is 2.79. The summed E-state index contributed by atoms with van der Waals surface area (Å²) in [4.78, 5) is 11.7. The van der Waals surface area contributed by atoms with Gasteiger partial charge in [0.2, 0.25) is 0 Å². The van der Waals surface area contributed by atoms with Gasteiger partial charge < -0.3 is 5.11 Å². The van der Waals surface area contributed by atoms with Crippen molar-refractivity contribution in [3.8, 4) is 5.75 Å². The van der Waals surface area contributed by atoms with Crippen LogP contribution in [0.4, 0.5) is 0 Å². The minimum Gasteiger partial charge on any atom is -0.507 e. The first kappa shape index (κ1) is 9.49. The minimum atomic E-state index is 0.0236. The van der Waals surface area contributed by atoms with Crippen LogP contribution in [0.5, 0.6) is 5.75 Å². The van der Waals surface area contributed by atoms with Gasteiger partial charge in [0, 0.05) is 9.58 Å². The zero-order chi connectivity index (χ0) is 10.1. The van der Waals surface area contributed by atoms with Gasteiger partial charge in [0.05, 0.1) is 11.4 Å². The number of thiophene rings is 1. The van der Waals surface area contributed by atoms with Crippen LogP contribution < -0.4 is 0 Å². The Labute approximate surface area is 89.7 Å². The molecule has 0 atom stereocenters. The van der Waals surface area contributed by atoms with Gasteiger partial charge in [-0.3, -0.25) is 4.79 Å². The number of rotatable bonds is 2. The average molecular weight is 227 g/mol. The van der Waals surface area contributed by atoms with Gasteiger partial charge in [0.25, 0.3) is 0 Å². The van der Waals surface area contributed by atoms with Crippen molar-refractivity contribution in [2.24, 2.45) is 0 Å². The number of aldehydes is 1. The van der Waals surface area contributed by atoms with Crippen molar-refractivity contribution >= 4 is 39.3 Å². The van der Waals surface area contributed by atoms with Crippen LogP contribution in [-0.2, 0) is 5.88 Å². The molecule has 0 aliphatic carbocycles. The summed E-state index contributed by atoms with van der Waals surface area (Å²) in [5, 5.41) is 10.4. The number of halogens is 1. The van der Waals surface area contributed by atoms with Crippen molar-refractivity contribution in [3.05, 3.63) is 28.6 Å². The quantitative estimate of drug-likeness (QED) is 0.631. The van der Waals surface area contributed by atoms with Gasteiger partial charge in [-0.15, -0.1) is 22.9 Å². The maximum absolute atomic E-state index is 10.8. The lowest BCUT2D eigenvalue weighted by molar-refractivity contribution is 0.112. The molecule has 14 heavy (non-hydrogen) atoms. The van der Waals surface area contributed by atoms with Crippen LogP contribution in [0.1, 0.15) is 15.2 Å². The van der Waals surface area contributed by atoms with E-state index in [-0.39, 0.29) is 5.75 Å². The highest BCUT2D eigenvalue weighted by Gasteiger charge is 2.09. The lowest BCUT2D eigenvalue weighted by Gasteiger charge is -1.96. The molecule has 0 saturated heterocycles. The van der Waals surface area contributed by atoms with Crippen LogP contribution >= 0.6 is 22.9 Å². The van der Waals surface area contributed by atoms with Crippen molar-refractivity contribution in [1.29, 1.82) is 0 Å². The van der Waals surface area contributed by atoms with Gasteiger partial charge in [0.1, 0.15) is 5.75 Å². The molecule has 0 fully saturated rings. The lowest BCUT2D eigenvalue weighted by Crippen LogP contribution is -1.80. The third-order valence-electron chi connectivity index (χ3n) is 2.00. The Morgan fingerprint density at radius 3 is 2.93 bits per heavy atom. The molecule has 0 bridgehead atoms. The number of phenols is 1. The number of hydrogen-bond acceptors (Lipinski definition) is 3. The van der Waals surface area contributed by atoms with Gasteiger partial charge in [0.15, 0.2) is 6.29 Å². The predicted octanol–water partition coefficient (Wildman–Crippen LogP) is 3.16. The highest BCUT2D eigenvalue weighted by molar-refractivity contribution is 7.19. The summed E-state index contributed by atoms with van der Waals surface area (Å²) in [6.45, 7) is 0. The molecule has 0 aliphatic rings. The first-order valence-corrected chi connectivity index (χ1v) is 5.37. The second-order valence-electron chi connectivity index (χ2n) is 2.88. The van der Waals surface area contributed by atoms with Crippen LogP contribution in [0.15, 0.2) is 18.2 Å². The number of aromatic hydroxyl groups is 1. The highest BCUT2D eigenvalue weighted by Crippen LogP contribution is 2.33. The first-order valence-electron chi connectivity index (χ1n) is 4.02. The monoisotopic (exact) mass is 226 g/mol. The zero-order valence-corrected chi connectivity index (χ0v) is 8.73. The van der Waals surface area contributed by atoms with Crippen molar-refractivity contribution < 1.29 is 9.90 Å². The molecule has 0 saturated carbocycles. The Hall–Kier alpha value is -1.06. The molecule has 1 aromatic heterocycles. The van der Waals surface area contributed by atoms with E-state index in [9.17, 15) is 9.90 Å². The Morgan fingerprint density at radius 1 is 1.50 bits per heavy atom. The van der Waals surface area contributed by atoms with Gasteiger partial charge in [-0.05, 0) is 23.6 Å². The van der Waals surface area contributed by atoms with Crippen LogP contribution in [-0.4, -0.2) is 11.4 Å². The summed E-state index contributed by atoms with van der Waals surface area (Å²) in [6, 6.07) is 5.24. The fourth-order valence-corrected chi connectivity index (χ4v) is 2.60. The van der Waals surface area contributed by atoms with Crippen LogP contribution in [0.25, 0.3) is 10.1 Å². The molecule has 4 heteroatoms. The normalized spacial score (nSPS) is 10.6. The third kappa shape index (κ3) is 1.38. The van der Waals surface area contributed by atoms with Gasteiger partial charge in [-0.1, -0.05) is 0 Å². The molecule has 2 rings (SSSR count). The molecule has 0 unspecified atom stereocenters. The van der Waals surface area contributed by atoms with Gasteiger partial charge >= 0.3 is 0 Å². The molecule has 72 valence electrons. The van der Waals surface area contributed by atoms with E-state index in [1.807, 2.05) is 6.07 Å². The predicted molar refractivity (Wildman–Crippen MR) is 58.4 cm³/mol. The summed E-state index contributed by atoms with van der Waals surface area (Å²) in [5.74, 6) is 0.453. The molecule has 0 aliphatic heterocycles. The summed E-state index contributed by atoms with van der Waals surface area (Å²) in [5.41, 5.74) is 0.351. The number of benzene rings is 1. The maximum atomic E-state index is 10.8. The number of carbonyl (C=O) groups is 1. The minimum absolute atomic E-state index is 0.0236. The number of phenolic OH excluding ortho intramolecular Hbond substituents is 1. The maximum Gasteiger partial charge on any atom is 0.155 e. The van der Waals surface area contributed by atoms with Crippen molar-refractivity contribution in [3.63, 3.8) is 0 Å². The molecule has 2 nitrogen and oxygen atoms in total. The molecule has 2 aromatic rings. The van der Waals surface area contributed by atoms with Gasteiger partial charge in [-0.2, -0.15) is 0 Å².